The first-order valence-electron chi connectivity index (χ1n) is 4.36. The van der Waals surface area contributed by atoms with E-state index in [1.54, 1.807) is 6.07 Å². The predicted octanol–water partition coefficient (Wildman–Crippen LogP) is 0.760. The number of nitrogens with one attached hydrogen (secondary N) is 2. The van der Waals surface area contributed by atoms with Crippen LogP contribution in [-0.2, 0) is 0 Å². The van der Waals surface area contributed by atoms with Crippen molar-refractivity contribution < 1.29 is 4.79 Å². The zero-order chi connectivity index (χ0) is 10.7. The van der Waals surface area contributed by atoms with Crippen LogP contribution >= 0.6 is 0 Å². The number of pyridine rings is 1. The number of aryl methyl sites for hydroxylation is 1. The zero-order valence-corrected chi connectivity index (χ0v) is 8.06. The van der Waals surface area contributed by atoms with Gasteiger partial charge >= 0.3 is 0 Å². The number of rotatable bonds is 2. The number of carbonyl (C=O) groups excluding carboxylic acids is 1. The molecule has 0 aliphatic rings. The third kappa shape index (κ3) is 2.16. The van der Waals surface area contributed by atoms with Gasteiger partial charge in [-0.2, -0.15) is 5.10 Å². The van der Waals surface area contributed by atoms with Crippen LogP contribution in [0.1, 0.15) is 16.3 Å². The van der Waals surface area contributed by atoms with Crippen LogP contribution in [0.3, 0.4) is 0 Å². The smallest absolute Gasteiger partial charge is 0.294 e. The number of H-pyrrole nitrogens is 1. The number of aromatic amines is 1. The molecule has 2 N–H and O–H groups in total. The molecule has 2 aromatic heterocycles. The summed E-state index contributed by atoms with van der Waals surface area (Å²) in [5, 5.41) is 8.66. The van der Waals surface area contributed by atoms with Crippen LogP contribution in [0.4, 0.5) is 5.82 Å². The molecule has 0 aliphatic carbocycles. The fourth-order valence-electron chi connectivity index (χ4n) is 1.10. The molecule has 2 rings (SSSR count). The lowest BCUT2D eigenvalue weighted by Crippen LogP contribution is -2.14. The van der Waals surface area contributed by atoms with Gasteiger partial charge in [0.1, 0.15) is 12.1 Å². The molecular weight excluding hydrogens is 194 g/mol. The molecule has 0 saturated heterocycles. The highest BCUT2D eigenvalue weighted by atomic mass is 16.2. The van der Waals surface area contributed by atoms with Crippen molar-refractivity contribution in [3.05, 3.63) is 36.0 Å². The lowest BCUT2D eigenvalue weighted by atomic mass is 10.4. The summed E-state index contributed by atoms with van der Waals surface area (Å²) in [5.41, 5.74) is 0.838. The minimum Gasteiger partial charge on any atom is -0.304 e. The Morgan fingerprint density at radius 3 is 3.00 bits per heavy atom. The van der Waals surface area contributed by atoms with Gasteiger partial charge in [-0.3, -0.25) is 9.89 Å². The summed E-state index contributed by atoms with van der Waals surface area (Å²) in [6.45, 7) is 1.85. The standard InChI is InChI=1S/C9H9N5O/c1-6-3-2-4-7(12-6)13-9(15)8-10-5-11-14-8/h2-5H,1H3,(H,10,11,14)(H,12,13,15). The first-order valence-corrected chi connectivity index (χ1v) is 4.36. The Morgan fingerprint density at radius 1 is 1.47 bits per heavy atom. The maximum Gasteiger partial charge on any atom is 0.294 e. The van der Waals surface area contributed by atoms with E-state index in [1.807, 2.05) is 19.1 Å². The van der Waals surface area contributed by atoms with Crippen LogP contribution in [-0.4, -0.2) is 26.1 Å². The average Bonchev–Trinajstić information content (AvgIpc) is 2.70. The molecule has 0 atom stereocenters. The van der Waals surface area contributed by atoms with E-state index >= 15 is 0 Å². The second-order valence-corrected chi connectivity index (χ2v) is 2.95. The second kappa shape index (κ2) is 3.87. The maximum atomic E-state index is 11.5. The Kier molecular flexibility index (Phi) is 2.40. The molecule has 0 saturated carbocycles. The van der Waals surface area contributed by atoms with Crippen molar-refractivity contribution in [2.24, 2.45) is 0 Å². The summed E-state index contributed by atoms with van der Waals surface area (Å²) in [6.07, 6.45) is 1.28. The van der Waals surface area contributed by atoms with Crippen LogP contribution in [0, 0.1) is 6.92 Å². The molecule has 0 aliphatic heterocycles. The Labute approximate surface area is 85.8 Å². The largest absolute Gasteiger partial charge is 0.304 e. The molecule has 15 heavy (non-hydrogen) atoms. The zero-order valence-electron chi connectivity index (χ0n) is 8.06. The lowest BCUT2D eigenvalue weighted by molar-refractivity contribution is 0.101. The monoisotopic (exact) mass is 203 g/mol. The molecule has 0 aromatic carbocycles. The molecule has 0 unspecified atom stereocenters. The summed E-state index contributed by atoms with van der Waals surface area (Å²) >= 11 is 0. The van der Waals surface area contributed by atoms with Crippen molar-refractivity contribution in [1.29, 1.82) is 0 Å². The van der Waals surface area contributed by atoms with Crippen LogP contribution in [0.15, 0.2) is 24.5 Å². The number of nitrogens with zero attached hydrogens (tertiary/aromatic N) is 3. The summed E-state index contributed by atoms with van der Waals surface area (Å²) < 4.78 is 0. The molecule has 2 heterocycles. The molecule has 0 radical (unpaired) electrons. The minimum absolute atomic E-state index is 0.165. The number of anilines is 1. The van der Waals surface area contributed by atoms with Gasteiger partial charge in [0.05, 0.1) is 0 Å². The topological polar surface area (TPSA) is 83.6 Å². The fraction of sp³-hybridized carbons (Fsp3) is 0.111. The van der Waals surface area contributed by atoms with E-state index < -0.39 is 0 Å². The molecule has 0 fully saturated rings. The number of hydrogen-bond donors (Lipinski definition) is 2. The predicted molar refractivity (Wildman–Crippen MR) is 53.3 cm³/mol. The third-order valence-electron chi connectivity index (χ3n) is 1.76. The van der Waals surface area contributed by atoms with E-state index in [1.165, 1.54) is 6.33 Å². The summed E-state index contributed by atoms with van der Waals surface area (Å²) in [4.78, 5) is 19.4. The molecule has 6 nitrogen and oxygen atoms in total. The van der Waals surface area contributed by atoms with Crippen molar-refractivity contribution in [3.8, 4) is 0 Å². The highest BCUT2D eigenvalue weighted by molar-refractivity contribution is 6.00. The van der Waals surface area contributed by atoms with Crippen LogP contribution in [0.5, 0.6) is 0 Å². The Bertz CT molecular complexity index is 465. The SMILES string of the molecule is Cc1cccc(NC(=O)c2ncn[nH]2)n1. The van der Waals surface area contributed by atoms with Gasteiger partial charge in [0, 0.05) is 5.69 Å². The van der Waals surface area contributed by atoms with Gasteiger partial charge in [-0.25, -0.2) is 9.97 Å². The van der Waals surface area contributed by atoms with Crippen LogP contribution in [0.25, 0.3) is 0 Å². The van der Waals surface area contributed by atoms with E-state index in [0.29, 0.717) is 5.82 Å². The highest BCUT2D eigenvalue weighted by Crippen LogP contribution is 2.04. The van der Waals surface area contributed by atoms with Crippen LogP contribution in [0.2, 0.25) is 0 Å². The summed E-state index contributed by atoms with van der Waals surface area (Å²) in [6, 6.07) is 5.38. The highest BCUT2D eigenvalue weighted by Gasteiger charge is 2.08. The number of hydrogen-bond acceptors (Lipinski definition) is 4. The molecule has 76 valence electrons. The fourth-order valence-corrected chi connectivity index (χ4v) is 1.10. The van der Waals surface area contributed by atoms with Gasteiger partial charge in [-0.15, -0.1) is 0 Å². The van der Waals surface area contributed by atoms with E-state index in [-0.39, 0.29) is 11.7 Å². The van der Waals surface area contributed by atoms with E-state index in [4.69, 9.17) is 0 Å². The third-order valence-corrected chi connectivity index (χ3v) is 1.76. The van der Waals surface area contributed by atoms with Gasteiger partial charge in [0.15, 0.2) is 0 Å². The number of amides is 1. The number of aromatic nitrogens is 4. The summed E-state index contributed by atoms with van der Waals surface area (Å²) in [5.74, 6) is 0.306. The van der Waals surface area contributed by atoms with Gasteiger partial charge in [-0.1, -0.05) is 6.07 Å². The van der Waals surface area contributed by atoms with Crippen molar-refractivity contribution in [2.75, 3.05) is 5.32 Å². The molecule has 6 heteroatoms. The quantitative estimate of drug-likeness (QED) is 0.754. The molecular formula is C9H9N5O. The van der Waals surface area contributed by atoms with E-state index in [0.717, 1.165) is 5.69 Å². The van der Waals surface area contributed by atoms with Gasteiger partial charge in [-0.05, 0) is 19.1 Å². The van der Waals surface area contributed by atoms with Crippen molar-refractivity contribution >= 4 is 11.7 Å². The first kappa shape index (κ1) is 9.32. The van der Waals surface area contributed by atoms with Crippen molar-refractivity contribution in [3.63, 3.8) is 0 Å². The van der Waals surface area contributed by atoms with Crippen LogP contribution < -0.4 is 5.32 Å². The molecule has 0 bridgehead atoms. The first-order chi connectivity index (χ1) is 7.25. The van der Waals surface area contributed by atoms with Crippen molar-refractivity contribution in [2.45, 2.75) is 6.92 Å². The van der Waals surface area contributed by atoms with Gasteiger partial charge < -0.3 is 5.32 Å². The van der Waals surface area contributed by atoms with E-state index in [9.17, 15) is 4.79 Å². The van der Waals surface area contributed by atoms with Gasteiger partial charge in [0.25, 0.3) is 5.91 Å². The average molecular weight is 203 g/mol. The van der Waals surface area contributed by atoms with E-state index in [2.05, 4.69) is 25.5 Å². The Morgan fingerprint density at radius 2 is 2.33 bits per heavy atom. The molecule has 0 spiro atoms. The lowest BCUT2D eigenvalue weighted by Gasteiger charge is -2.01. The second-order valence-electron chi connectivity index (χ2n) is 2.95. The normalized spacial score (nSPS) is 9.93. The Balaban J connectivity index is 2.13. The molecule has 2 aromatic rings. The van der Waals surface area contributed by atoms with Crippen molar-refractivity contribution in [1.82, 2.24) is 20.2 Å². The van der Waals surface area contributed by atoms with Gasteiger partial charge in [0.2, 0.25) is 5.82 Å². The summed E-state index contributed by atoms with van der Waals surface area (Å²) in [7, 11) is 0. The molecule has 1 amide bonds. The number of carbonyl (C=O) groups is 1. The maximum absolute atomic E-state index is 11.5. The Hall–Kier alpha value is -2.24. The minimum atomic E-state index is -0.356.